The SMILES string of the molecule is C=CC=CCC(=C)C.CCC(C=O)(CCCCCSCCCCCC(C)C=O)c1ccccc1. The minimum Gasteiger partial charge on any atom is -0.303 e. The average molecular weight is 485 g/mol. The Kier molecular flexibility index (Phi) is 20.5. The van der Waals surface area contributed by atoms with Gasteiger partial charge in [-0.05, 0) is 62.5 Å². The van der Waals surface area contributed by atoms with Gasteiger partial charge in [0.05, 0.1) is 5.41 Å². The van der Waals surface area contributed by atoms with Gasteiger partial charge in [-0.3, -0.25) is 0 Å². The van der Waals surface area contributed by atoms with Crippen LogP contribution in [0, 0.1) is 5.92 Å². The standard InChI is InChI=1S/C23H36O2S.C8H12/c1-3-23(20-25,22-14-8-4-9-15-22)16-10-6-12-18-26-17-11-5-7-13-21(2)19-24;1-4-5-6-7-8(2)3/h4,8-9,14-15,19-21H,3,5-7,10-13,16-18H2,1-2H3;4-6H,1-2,7H2,3H3. The molecule has 34 heavy (non-hydrogen) atoms. The molecular formula is C31H48O2S. The summed E-state index contributed by atoms with van der Waals surface area (Å²) in [5, 5.41) is 0. The number of allylic oxidation sites excluding steroid dienone is 4. The summed E-state index contributed by atoms with van der Waals surface area (Å²) >= 11 is 2.04. The van der Waals surface area contributed by atoms with Gasteiger partial charge >= 0.3 is 0 Å². The molecule has 0 fully saturated rings. The van der Waals surface area contributed by atoms with E-state index >= 15 is 0 Å². The second-order valence-corrected chi connectivity index (χ2v) is 10.4. The van der Waals surface area contributed by atoms with Crippen LogP contribution < -0.4 is 0 Å². The normalized spacial score (nSPS) is 13.4. The largest absolute Gasteiger partial charge is 0.303 e. The van der Waals surface area contributed by atoms with E-state index in [1.54, 1.807) is 6.08 Å². The van der Waals surface area contributed by atoms with Crippen LogP contribution in [0.2, 0.25) is 0 Å². The fraction of sp³-hybridized carbons (Fsp3) is 0.548. The Hall–Kier alpha value is -1.87. The Balaban J connectivity index is 0.00000116. The van der Waals surface area contributed by atoms with Crippen LogP contribution >= 0.6 is 11.8 Å². The number of rotatable bonds is 19. The van der Waals surface area contributed by atoms with E-state index in [0.717, 1.165) is 44.0 Å². The Morgan fingerprint density at radius 3 is 2.21 bits per heavy atom. The molecule has 0 spiro atoms. The molecule has 0 bridgehead atoms. The summed E-state index contributed by atoms with van der Waals surface area (Å²) in [6, 6.07) is 10.2. The molecule has 1 aromatic rings. The van der Waals surface area contributed by atoms with Crippen molar-refractivity contribution in [2.45, 2.75) is 90.4 Å². The number of carbonyl (C=O) groups is 2. The molecule has 2 atom stereocenters. The first-order chi connectivity index (χ1) is 16.5. The highest BCUT2D eigenvalue weighted by Crippen LogP contribution is 2.31. The van der Waals surface area contributed by atoms with Gasteiger partial charge in [0.1, 0.15) is 12.6 Å². The number of benzene rings is 1. The van der Waals surface area contributed by atoms with Crippen molar-refractivity contribution in [2.75, 3.05) is 11.5 Å². The van der Waals surface area contributed by atoms with Gasteiger partial charge in [0.15, 0.2) is 0 Å². The third-order valence-electron chi connectivity index (χ3n) is 6.04. The molecule has 1 rings (SSSR count). The summed E-state index contributed by atoms with van der Waals surface area (Å²) in [5.74, 6) is 2.67. The van der Waals surface area contributed by atoms with Gasteiger partial charge in [0.2, 0.25) is 0 Å². The third kappa shape index (κ3) is 15.9. The van der Waals surface area contributed by atoms with Gasteiger partial charge in [-0.1, -0.05) is 107 Å². The quantitative estimate of drug-likeness (QED) is 0.0850. The molecule has 0 heterocycles. The molecule has 0 radical (unpaired) electrons. The third-order valence-corrected chi connectivity index (χ3v) is 7.19. The maximum atomic E-state index is 11.8. The monoisotopic (exact) mass is 484 g/mol. The highest BCUT2D eigenvalue weighted by atomic mass is 32.2. The minimum absolute atomic E-state index is 0.222. The molecule has 190 valence electrons. The van der Waals surface area contributed by atoms with Crippen molar-refractivity contribution in [1.82, 2.24) is 0 Å². The van der Waals surface area contributed by atoms with E-state index in [-0.39, 0.29) is 11.3 Å². The first-order valence-electron chi connectivity index (χ1n) is 12.9. The van der Waals surface area contributed by atoms with Crippen molar-refractivity contribution in [2.24, 2.45) is 5.92 Å². The molecule has 2 nitrogen and oxygen atoms in total. The van der Waals surface area contributed by atoms with Crippen molar-refractivity contribution < 1.29 is 9.59 Å². The topological polar surface area (TPSA) is 34.1 Å². The van der Waals surface area contributed by atoms with Crippen LogP contribution in [0.3, 0.4) is 0 Å². The van der Waals surface area contributed by atoms with Crippen LogP contribution in [0.5, 0.6) is 0 Å². The summed E-state index contributed by atoms with van der Waals surface area (Å²) in [6.07, 6.45) is 19.0. The molecule has 0 amide bonds. The van der Waals surface area contributed by atoms with Gasteiger partial charge in [0, 0.05) is 5.92 Å². The molecule has 0 aliphatic heterocycles. The molecule has 1 aromatic carbocycles. The lowest BCUT2D eigenvalue weighted by Gasteiger charge is -2.27. The fourth-order valence-electron chi connectivity index (χ4n) is 3.71. The van der Waals surface area contributed by atoms with E-state index in [1.807, 2.05) is 56.0 Å². The van der Waals surface area contributed by atoms with E-state index in [9.17, 15) is 9.59 Å². The number of hydrogen-bond acceptors (Lipinski definition) is 3. The van der Waals surface area contributed by atoms with Crippen molar-refractivity contribution in [3.05, 3.63) is 72.9 Å². The highest BCUT2D eigenvalue weighted by Gasteiger charge is 2.28. The Labute approximate surface area is 214 Å². The first kappa shape index (κ1) is 32.1. The first-order valence-corrected chi connectivity index (χ1v) is 14.1. The number of aldehydes is 2. The summed E-state index contributed by atoms with van der Waals surface area (Å²) in [6.45, 7) is 13.4. The second kappa shape index (κ2) is 21.6. The van der Waals surface area contributed by atoms with Gasteiger partial charge in [-0.2, -0.15) is 11.8 Å². The van der Waals surface area contributed by atoms with Crippen molar-refractivity contribution in [1.29, 1.82) is 0 Å². The predicted molar refractivity (Wildman–Crippen MR) is 153 cm³/mol. The van der Waals surface area contributed by atoms with Crippen LogP contribution in [0.1, 0.15) is 90.5 Å². The van der Waals surface area contributed by atoms with Crippen LogP contribution in [-0.4, -0.2) is 24.1 Å². The van der Waals surface area contributed by atoms with Gasteiger partial charge in [-0.25, -0.2) is 0 Å². The summed E-state index contributed by atoms with van der Waals surface area (Å²) in [7, 11) is 0. The van der Waals surface area contributed by atoms with E-state index in [2.05, 4.69) is 32.2 Å². The summed E-state index contributed by atoms with van der Waals surface area (Å²) < 4.78 is 0. The van der Waals surface area contributed by atoms with Crippen LogP contribution in [-0.2, 0) is 15.0 Å². The number of hydrogen-bond donors (Lipinski definition) is 0. The van der Waals surface area contributed by atoms with E-state index in [1.165, 1.54) is 55.5 Å². The molecule has 0 saturated heterocycles. The van der Waals surface area contributed by atoms with Crippen molar-refractivity contribution >= 4 is 24.3 Å². The van der Waals surface area contributed by atoms with Crippen LogP contribution in [0.15, 0.2) is 67.3 Å². The molecule has 0 aliphatic carbocycles. The van der Waals surface area contributed by atoms with Gasteiger partial charge in [-0.15, -0.1) is 0 Å². The Morgan fingerprint density at radius 2 is 1.68 bits per heavy atom. The zero-order chi connectivity index (χ0) is 25.5. The molecule has 0 N–H and O–H groups in total. The second-order valence-electron chi connectivity index (χ2n) is 9.20. The van der Waals surface area contributed by atoms with E-state index < -0.39 is 0 Å². The minimum atomic E-state index is -0.299. The van der Waals surface area contributed by atoms with Crippen LogP contribution in [0.4, 0.5) is 0 Å². The number of unbranched alkanes of at least 4 members (excludes halogenated alkanes) is 4. The molecule has 3 heteroatoms. The maximum Gasteiger partial charge on any atom is 0.130 e. The molecular weight excluding hydrogens is 436 g/mol. The average Bonchev–Trinajstić information content (AvgIpc) is 2.86. The summed E-state index contributed by atoms with van der Waals surface area (Å²) in [5.41, 5.74) is 2.05. The predicted octanol–water partition coefficient (Wildman–Crippen LogP) is 8.92. The zero-order valence-electron chi connectivity index (χ0n) is 22.0. The Bertz CT molecular complexity index is 695. The fourth-order valence-corrected chi connectivity index (χ4v) is 4.73. The number of carbonyl (C=O) groups excluding carboxylic acids is 2. The van der Waals surface area contributed by atoms with Crippen molar-refractivity contribution in [3.8, 4) is 0 Å². The smallest absolute Gasteiger partial charge is 0.130 e. The van der Waals surface area contributed by atoms with Gasteiger partial charge < -0.3 is 9.59 Å². The summed E-state index contributed by atoms with van der Waals surface area (Å²) in [4.78, 5) is 22.3. The number of thioether (sulfide) groups is 1. The zero-order valence-corrected chi connectivity index (χ0v) is 22.8. The van der Waals surface area contributed by atoms with Gasteiger partial charge in [0.25, 0.3) is 0 Å². The van der Waals surface area contributed by atoms with Crippen molar-refractivity contribution in [3.63, 3.8) is 0 Å². The molecule has 0 aromatic heterocycles. The Morgan fingerprint density at radius 1 is 1.03 bits per heavy atom. The van der Waals surface area contributed by atoms with Crippen LogP contribution in [0.25, 0.3) is 0 Å². The lowest BCUT2D eigenvalue weighted by atomic mass is 9.75. The lowest BCUT2D eigenvalue weighted by Crippen LogP contribution is -2.27. The van der Waals surface area contributed by atoms with E-state index in [0.29, 0.717) is 0 Å². The highest BCUT2D eigenvalue weighted by molar-refractivity contribution is 7.99. The molecule has 0 aliphatic rings. The molecule has 0 saturated carbocycles. The van der Waals surface area contributed by atoms with E-state index in [4.69, 9.17) is 0 Å². The lowest BCUT2D eigenvalue weighted by molar-refractivity contribution is -0.113. The molecule has 2 unspecified atom stereocenters. The maximum absolute atomic E-state index is 11.8.